The van der Waals surface area contributed by atoms with Gasteiger partial charge in [0.05, 0.1) is 17.1 Å². The van der Waals surface area contributed by atoms with Crippen LogP contribution in [-0.4, -0.2) is 20.9 Å². The van der Waals surface area contributed by atoms with Crippen molar-refractivity contribution in [3.8, 4) is 33.8 Å². The average Bonchev–Trinajstić information content (AvgIpc) is 3.31. The predicted molar refractivity (Wildman–Crippen MR) is 103 cm³/mol. The fourth-order valence-corrected chi connectivity index (χ4v) is 3.54. The van der Waals surface area contributed by atoms with E-state index in [0.29, 0.717) is 11.3 Å². The monoisotopic (exact) mass is 361 g/mol. The van der Waals surface area contributed by atoms with Crippen LogP contribution in [0.1, 0.15) is 10.4 Å². The van der Waals surface area contributed by atoms with Gasteiger partial charge in [-0.2, -0.15) is 11.3 Å². The number of thiophene rings is 1. The maximum Gasteiger partial charge on any atom is 0.249 e. The third-order valence-corrected chi connectivity index (χ3v) is 4.74. The van der Waals surface area contributed by atoms with E-state index in [1.54, 1.807) is 35.7 Å². The minimum Gasteiger partial charge on any atom is -0.368 e. The summed E-state index contributed by atoms with van der Waals surface area (Å²) in [6.45, 7) is 0. The van der Waals surface area contributed by atoms with Crippen molar-refractivity contribution in [3.63, 3.8) is 0 Å². The number of nitrogen functional groups attached to an aromatic ring is 1. The van der Waals surface area contributed by atoms with Gasteiger partial charge in [0.25, 0.3) is 0 Å². The van der Waals surface area contributed by atoms with E-state index in [1.807, 2.05) is 35.0 Å². The second-order valence-electron chi connectivity index (χ2n) is 5.69. The van der Waals surface area contributed by atoms with Gasteiger partial charge in [-0.15, -0.1) is 0 Å². The number of amides is 1. The van der Waals surface area contributed by atoms with E-state index in [-0.39, 0.29) is 5.95 Å². The van der Waals surface area contributed by atoms with Crippen LogP contribution < -0.4 is 11.5 Å². The van der Waals surface area contributed by atoms with Gasteiger partial charge in [-0.05, 0) is 35.2 Å². The van der Waals surface area contributed by atoms with E-state index >= 15 is 0 Å². The molecule has 0 bridgehead atoms. The van der Waals surface area contributed by atoms with Crippen molar-refractivity contribution in [2.45, 2.75) is 0 Å². The molecule has 3 aromatic heterocycles. The lowest BCUT2D eigenvalue weighted by molar-refractivity contribution is 0.100. The minimum atomic E-state index is -0.467. The molecular weight excluding hydrogens is 346 g/mol. The SMILES string of the molecule is NC(=O)c1ccccc1-c1cc(-c2ccnc(N)n2)[nH]c1-c1ccsc1. The van der Waals surface area contributed by atoms with Gasteiger partial charge in [-0.25, -0.2) is 9.97 Å². The highest BCUT2D eigenvalue weighted by molar-refractivity contribution is 7.08. The van der Waals surface area contributed by atoms with Gasteiger partial charge in [0.1, 0.15) is 0 Å². The molecular formula is C19H15N5OS. The third-order valence-electron chi connectivity index (χ3n) is 4.06. The van der Waals surface area contributed by atoms with Crippen LogP contribution in [0, 0.1) is 0 Å². The topological polar surface area (TPSA) is 111 Å². The van der Waals surface area contributed by atoms with Gasteiger partial charge in [0, 0.05) is 28.3 Å². The Labute approximate surface area is 153 Å². The molecule has 7 heteroatoms. The average molecular weight is 361 g/mol. The summed E-state index contributed by atoms with van der Waals surface area (Å²) in [6.07, 6.45) is 1.61. The zero-order chi connectivity index (χ0) is 18.1. The van der Waals surface area contributed by atoms with Crippen molar-refractivity contribution in [1.82, 2.24) is 15.0 Å². The van der Waals surface area contributed by atoms with Crippen molar-refractivity contribution < 1.29 is 4.79 Å². The van der Waals surface area contributed by atoms with Crippen molar-refractivity contribution in [1.29, 1.82) is 0 Å². The summed E-state index contributed by atoms with van der Waals surface area (Å²) >= 11 is 1.60. The third kappa shape index (κ3) is 2.84. The Kier molecular flexibility index (Phi) is 3.98. The van der Waals surface area contributed by atoms with Gasteiger partial charge in [-0.3, -0.25) is 4.79 Å². The van der Waals surface area contributed by atoms with Crippen LogP contribution in [0.25, 0.3) is 33.8 Å². The molecule has 3 heterocycles. The van der Waals surface area contributed by atoms with Gasteiger partial charge >= 0.3 is 0 Å². The van der Waals surface area contributed by atoms with Gasteiger partial charge in [0.2, 0.25) is 11.9 Å². The first-order valence-electron chi connectivity index (χ1n) is 7.87. The number of aromatic amines is 1. The summed E-state index contributed by atoms with van der Waals surface area (Å²) in [5.41, 5.74) is 16.8. The van der Waals surface area contributed by atoms with E-state index in [4.69, 9.17) is 11.5 Å². The van der Waals surface area contributed by atoms with Crippen LogP contribution in [0.4, 0.5) is 5.95 Å². The summed E-state index contributed by atoms with van der Waals surface area (Å²) in [4.78, 5) is 23.5. The number of hydrogen-bond donors (Lipinski definition) is 3. The van der Waals surface area contributed by atoms with E-state index < -0.39 is 5.91 Å². The molecule has 4 aromatic rings. The second kappa shape index (κ2) is 6.45. The number of benzene rings is 1. The molecule has 6 nitrogen and oxygen atoms in total. The molecule has 0 aliphatic carbocycles. The number of carbonyl (C=O) groups is 1. The minimum absolute atomic E-state index is 0.202. The maximum atomic E-state index is 11.9. The van der Waals surface area contributed by atoms with Crippen LogP contribution in [0.15, 0.2) is 59.4 Å². The lowest BCUT2D eigenvalue weighted by Gasteiger charge is -2.07. The number of rotatable bonds is 4. The molecule has 0 spiro atoms. The highest BCUT2D eigenvalue weighted by Gasteiger charge is 2.18. The standard InChI is InChI=1S/C19H15N5OS/c20-18(25)13-4-2-1-3-12(13)14-9-16(15-5-7-22-19(21)24-15)23-17(14)11-6-8-26-10-11/h1-10,23H,(H2,20,25)(H2,21,22,24). The van der Waals surface area contributed by atoms with E-state index in [0.717, 1.165) is 28.1 Å². The Balaban J connectivity index is 1.96. The molecule has 0 atom stereocenters. The maximum absolute atomic E-state index is 11.9. The van der Waals surface area contributed by atoms with Gasteiger partial charge < -0.3 is 16.5 Å². The number of nitrogens with one attached hydrogen (secondary N) is 1. The highest BCUT2D eigenvalue weighted by Crippen LogP contribution is 2.37. The van der Waals surface area contributed by atoms with Crippen LogP contribution >= 0.6 is 11.3 Å². The summed E-state index contributed by atoms with van der Waals surface area (Å²) in [5.74, 6) is -0.265. The van der Waals surface area contributed by atoms with Crippen molar-refractivity contribution in [2.75, 3.05) is 5.73 Å². The molecule has 1 amide bonds. The Morgan fingerprint density at radius 3 is 2.69 bits per heavy atom. The molecule has 5 N–H and O–H groups in total. The number of nitrogens with two attached hydrogens (primary N) is 2. The number of anilines is 1. The molecule has 0 aliphatic heterocycles. The van der Waals surface area contributed by atoms with Crippen molar-refractivity contribution in [3.05, 3.63) is 65.0 Å². The lowest BCUT2D eigenvalue weighted by Crippen LogP contribution is -2.12. The number of aromatic nitrogens is 3. The fourth-order valence-electron chi connectivity index (χ4n) is 2.90. The first-order valence-corrected chi connectivity index (χ1v) is 8.81. The zero-order valence-corrected chi connectivity index (χ0v) is 14.5. The zero-order valence-electron chi connectivity index (χ0n) is 13.6. The normalized spacial score (nSPS) is 10.8. The number of H-pyrrole nitrogens is 1. The second-order valence-corrected chi connectivity index (χ2v) is 6.47. The van der Waals surface area contributed by atoms with Crippen molar-refractivity contribution >= 4 is 23.2 Å². The Morgan fingerprint density at radius 1 is 1.12 bits per heavy atom. The van der Waals surface area contributed by atoms with Crippen molar-refractivity contribution in [2.24, 2.45) is 5.73 Å². The lowest BCUT2D eigenvalue weighted by atomic mass is 9.97. The molecule has 1 aromatic carbocycles. The molecule has 0 aliphatic rings. The first-order chi connectivity index (χ1) is 12.6. The van der Waals surface area contributed by atoms with Crippen LogP contribution in [0.2, 0.25) is 0 Å². The molecule has 26 heavy (non-hydrogen) atoms. The number of carbonyl (C=O) groups excluding carboxylic acids is 1. The molecule has 0 unspecified atom stereocenters. The van der Waals surface area contributed by atoms with Crippen LogP contribution in [-0.2, 0) is 0 Å². The molecule has 128 valence electrons. The largest absolute Gasteiger partial charge is 0.368 e. The molecule has 0 radical (unpaired) electrons. The van der Waals surface area contributed by atoms with Gasteiger partial charge in [-0.1, -0.05) is 18.2 Å². The smallest absolute Gasteiger partial charge is 0.249 e. The fraction of sp³-hybridized carbons (Fsp3) is 0. The number of primary amides is 1. The van der Waals surface area contributed by atoms with E-state index in [1.165, 1.54) is 0 Å². The Hall–Kier alpha value is -3.45. The Morgan fingerprint density at radius 2 is 1.96 bits per heavy atom. The van der Waals surface area contributed by atoms with Crippen LogP contribution in [0.3, 0.4) is 0 Å². The Bertz CT molecular complexity index is 1090. The quantitative estimate of drug-likeness (QED) is 0.516. The molecule has 0 saturated heterocycles. The van der Waals surface area contributed by atoms with E-state index in [2.05, 4.69) is 15.0 Å². The summed E-state index contributed by atoms with van der Waals surface area (Å²) < 4.78 is 0. The van der Waals surface area contributed by atoms with E-state index in [9.17, 15) is 4.79 Å². The first kappa shape index (κ1) is 16.0. The molecule has 0 fully saturated rings. The number of hydrogen-bond acceptors (Lipinski definition) is 5. The number of nitrogens with zero attached hydrogens (tertiary/aromatic N) is 2. The van der Waals surface area contributed by atoms with Crippen LogP contribution in [0.5, 0.6) is 0 Å². The molecule has 0 saturated carbocycles. The summed E-state index contributed by atoms with van der Waals surface area (Å²) in [5, 5.41) is 4.04. The predicted octanol–water partition coefficient (Wildman–Crippen LogP) is 3.55. The molecule has 4 rings (SSSR count). The summed E-state index contributed by atoms with van der Waals surface area (Å²) in [6, 6.07) is 13.0. The highest BCUT2D eigenvalue weighted by atomic mass is 32.1. The summed E-state index contributed by atoms with van der Waals surface area (Å²) in [7, 11) is 0. The van der Waals surface area contributed by atoms with Gasteiger partial charge in [0.15, 0.2) is 0 Å².